The summed E-state index contributed by atoms with van der Waals surface area (Å²) in [5.41, 5.74) is 7.23. The van der Waals surface area contributed by atoms with Crippen LogP contribution in [-0.4, -0.2) is 35.8 Å². The van der Waals surface area contributed by atoms with E-state index in [0.29, 0.717) is 11.6 Å². The second-order valence-electron chi connectivity index (χ2n) is 8.01. The maximum absolute atomic E-state index is 12.5. The van der Waals surface area contributed by atoms with E-state index in [1.807, 2.05) is 65.4 Å². The van der Waals surface area contributed by atoms with E-state index in [1.165, 1.54) is 0 Å². The van der Waals surface area contributed by atoms with E-state index < -0.39 is 0 Å². The van der Waals surface area contributed by atoms with Gasteiger partial charge in [0.25, 0.3) is 0 Å². The number of hydrogen-bond acceptors (Lipinski definition) is 6. The second-order valence-corrected chi connectivity index (χ2v) is 8.01. The lowest BCUT2D eigenvalue weighted by Crippen LogP contribution is -2.13. The highest BCUT2D eigenvalue weighted by Crippen LogP contribution is 2.25. The number of aromatic amines is 1. The van der Waals surface area contributed by atoms with Crippen molar-refractivity contribution in [3.63, 3.8) is 0 Å². The minimum absolute atomic E-state index is 0.188. The molecule has 0 aliphatic rings. The number of nitrogens with zero attached hydrogens (tertiary/aromatic N) is 5. The Balaban J connectivity index is 1.14. The molecule has 9 nitrogen and oxygen atoms in total. The first-order valence-electron chi connectivity index (χ1n) is 11.0. The largest absolute Gasteiger partial charge is 0.338 e. The van der Waals surface area contributed by atoms with Crippen molar-refractivity contribution < 1.29 is 9.32 Å². The molecule has 0 atom stereocenters. The van der Waals surface area contributed by atoms with Crippen molar-refractivity contribution >= 4 is 22.8 Å². The highest BCUT2D eigenvalue weighted by Gasteiger charge is 2.12. The number of pyridine rings is 1. The van der Waals surface area contributed by atoms with Gasteiger partial charge in [-0.15, -0.1) is 0 Å². The number of H-pyrrole nitrogens is 1. The molecule has 170 valence electrons. The zero-order valence-electron chi connectivity index (χ0n) is 18.4. The predicted molar refractivity (Wildman–Crippen MR) is 131 cm³/mol. The number of carbonyl (C=O) groups is 1. The van der Waals surface area contributed by atoms with Crippen LogP contribution in [0.2, 0.25) is 0 Å². The van der Waals surface area contributed by atoms with Crippen LogP contribution in [0.25, 0.3) is 39.1 Å². The third-order valence-electron chi connectivity index (χ3n) is 5.69. The molecule has 6 rings (SSSR count). The van der Waals surface area contributed by atoms with Crippen LogP contribution in [0.15, 0.2) is 96.3 Å². The van der Waals surface area contributed by atoms with Gasteiger partial charge in [-0.05, 0) is 47.5 Å². The zero-order chi connectivity index (χ0) is 23.6. The number of carbonyl (C=O) groups excluding carboxylic acids is 1. The molecule has 2 aromatic carbocycles. The molecule has 4 aromatic heterocycles. The summed E-state index contributed by atoms with van der Waals surface area (Å²) in [6, 6.07) is 19.3. The van der Waals surface area contributed by atoms with Gasteiger partial charge >= 0.3 is 0 Å². The van der Waals surface area contributed by atoms with Crippen molar-refractivity contribution in [3.05, 3.63) is 97.3 Å². The Labute approximate surface area is 199 Å². The molecule has 0 saturated carbocycles. The minimum Gasteiger partial charge on any atom is -0.338 e. The van der Waals surface area contributed by atoms with Crippen molar-refractivity contribution in [2.24, 2.45) is 0 Å². The smallest absolute Gasteiger partial charge is 0.231 e. The predicted octanol–water partition coefficient (Wildman–Crippen LogP) is 4.65. The summed E-state index contributed by atoms with van der Waals surface area (Å²) >= 11 is 0. The Morgan fingerprint density at radius 3 is 2.71 bits per heavy atom. The summed E-state index contributed by atoms with van der Waals surface area (Å²) < 4.78 is 7.26. The van der Waals surface area contributed by atoms with Gasteiger partial charge in [-0.25, -0.2) is 4.98 Å². The molecule has 0 aliphatic carbocycles. The van der Waals surface area contributed by atoms with Gasteiger partial charge in [-0.1, -0.05) is 23.4 Å². The summed E-state index contributed by atoms with van der Waals surface area (Å²) in [6.07, 6.45) is 9.03. The molecule has 0 radical (unpaired) electrons. The molecular weight excluding hydrogens is 442 g/mol. The van der Waals surface area contributed by atoms with Gasteiger partial charge in [-0.3, -0.25) is 24.8 Å². The van der Waals surface area contributed by atoms with Gasteiger partial charge in [0.2, 0.25) is 11.8 Å². The van der Waals surface area contributed by atoms with Gasteiger partial charge in [0.05, 0.1) is 23.7 Å². The molecule has 0 saturated heterocycles. The SMILES string of the molecule is O=C(Cc1ccc(-n2cnc3cc(-c4cn[nH]c4)ccc32)cc1)Nc1cc(-c2cccnc2)no1. The van der Waals surface area contributed by atoms with Crippen molar-refractivity contribution in [1.82, 2.24) is 29.9 Å². The average molecular weight is 461 g/mol. The molecule has 35 heavy (non-hydrogen) atoms. The number of fused-ring (bicyclic) bond motifs is 1. The topological polar surface area (TPSA) is 115 Å². The monoisotopic (exact) mass is 461 g/mol. The van der Waals surface area contributed by atoms with E-state index in [9.17, 15) is 4.79 Å². The van der Waals surface area contributed by atoms with E-state index in [4.69, 9.17) is 4.52 Å². The summed E-state index contributed by atoms with van der Waals surface area (Å²) in [5, 5.41) is 13.6. The normalized spacial score (nSPS) is 11.1. The first-order chi connectivity index (χ1) is 17.2. The number of aromatic nitrogens is 6. The maximum Gasteiger partial charge on any atom is 0.231 e. The van der Waals surface area contributed by atoms with Crippen LogP contribution in [0, 0.1) is 0 Å². The summed E-state index contributed by atoms with van der Waals surface area (Å²) in [6.45, 7) is 0. The molecule has 9 heteroatoms. The summed E-state index contributed by atoms with van der Waals surface area (Å²) in [4.78, 5) is 21.1. The van der Waals surface area contributed by atoms with Crippen LogP contribution in [0.5, 0.6) is 0 Å². The number of benzene rings is 2. The Hall–Kier alpha value is -5.05. The minimum atomic E-state index is -0.188. The van der Waals surface area contributed by atoms with Gasteiger partial charge in [0.15, 0.2) is 0 Å². The average Bonchev–Trinajstić information content (AvgIpc) is 3.66. The number of hydrogen-bond donors (Lipinski definition) is 2. The van der Waals surface area contributed by atoms with E-state index in [0.717, 1.165) is 39.0 Å². The Morgan fingerprint density at radius 2 is 1.91 bits per heavy atom. The standard InChI is InChI=1S/C26H19N7O2/c34-25(31-26-12-22(32-35-26)19-2-1-9-27-13-19)10-17-3-6-21(7-4-17)33-16-28-23-11-18(5-8-24(23)33)20-14-29-30-15-20/h1-9,11-16H,10H2,(H,29,30)(H,31,34). The zero-order valence-corrected chi connectivity index (χ0v) is 18.4. The van der Waals surface area contributed by atoms with E-state index >= 15 is 0 Å². The Morgan fingerprint density at radius 1 is 1.00 bits per heavy atom. The maximum atomic E-state index is 12.5. The van der Waals surface area contributed by atoms with Crippen LogP contribution in [-0.2, 0) is 11.2 Å². The van der Waals surface area contributed by atoms with Gasteiger partial charge in [-0.2, -0.15) is 5.10 Å². The first kappa shape index (κ1) is 20.5. The molecule has 2 N–H and O–H groups in total. The number of amides is 1. The quantitative estimate of drug-likeness (QED) is 0.373. The Bertz CT molecular complexity index is 1600. The van der Waals surface area contributed by atoms with Gasteiger partial charge in [0.1, 0.15) is 12.0 Å². The lowest BCUT2D eigenvalue weighted by molar-refractivity contribution is -0.115. The van der Waals surface area contributed by atoms with Crippen molar-refractivity contribution in [2.45, 2.75) is 6.42 Å². The molecule has 4 heterocycles. The summed E-state index contributed by atoms with van der Waals surface area (Å²) in [5.74, 6) is 0.108. The highest BCUT2D eigenvalue weighted by molar-refractivity contribution is 5.91. The third-order valence-corrected chi connectivity index (χ3v) is 5.69. The molecule has 0 unspecified atom stereocenters. The fourth-order valence-corrected chi connectivity index (χ4v) is 3.93. The molecule has 6 aromatic rings. The lowest BCUT2D eigenvalue weighted by Gasteiger charge is -2.07. The fourth-order valence-electron chi connectivity index (χ4n) is 3.93. The fraction of sp³-hybridized carbons (Fsp3) is 0.0385. The van der Waals surface area contributed by atoms with Crippen LogP contribution in [0.4, 0.5) is 5.88 Å². The molecule has 0 aliphatic heterocycles. The van der Waals surface area contributed by atoms with Crippen LogP contribution in [0.1, 0.15) is 5.56 Å². The Kier molecular flexibility index (Phi) is 5.12. The van der Waals surface area contributed by atoms with E-state index in [-0.39, 0.29) is 12.3 Å². The van der Waals surface area contributed by atoms with E-state index in [2.05, 4.69) is 30.6 Å². The van der Waals surface area contributed by atoms with Crippen molar-refractivity contribution in [1.29, 1.82) is 0 Å². The molecule has 0 spiro atoms. The van der Waals surface area contributed by atoms with Crippen LogP contribution < -0.4 is 5.32 Å². The lowest BCUT2D eigenvalue weighted by atomic mass is 10.1. The molecular formula is C26H19N7O2. The number of anilines is 1. The number of rotatable bonds is 6. The first-order valence-corrected chi connectivity index (χ1v) is 11.0. The van der Waals surface area contributed by atoms with Gasteiger partial charge < -0.3 is 4.52 Å². The molecule has 1 amide bonds. The number of imidazole rings is 1. The van der Waals surface area contributed by atoms with Crippen molar-refractivity contribution in [2.75, 3.05) is 5.32 Å². The van der Waals surface area contributed by atoms with Crippen molar-refractivity contribution in [3.8, 4) is 28.1 Å². The van der Waals surface area contributed by atoms with Crippen LogP contribution >= 0.6 is 0 Å². The number of nitrogens with one attached hydrogen (secondary N) is 2. The highest BCUT2D eigenvalue weighted by atomic mass is 16.5. The van der Waals surface area contributed by atoms with E-state index in [1.54, 1.807) is 31.0 Å². The molecule has 0 bridgehead atoms. The van der Waals surface area contributed by atoms with Crippen LogP contribution in [0.3, 0.4) is 0 Å². The summed E-state index contributed by atoms with van der Waals surface area (Å²) in [7, 11) is 0. The second kappa shape index (κ2) is 8.71. The molecule has 0 fully saturated rings. The van der Waals surface area contributed by atoms with Gasteiger partial charge in [0, 0.05) is 41.5 Å². The third kappa shape index (κ3) is 4.18.